The standard InChI is InChI=1S/C23H23Cl2NO6/c1-30-11-7-10-26-18(13-8-5-4-6-9-13)16(20(28)23(26)29)19(27)14-12-15(24)22(32-3)17(25)21(14)31-2/h4-6,8-9,12,18,27H,7,10-11H2,1-3H3/b19-16+. The van der Waals surface area contributed by atoms with Crippen molar-refractivity contribution in [3.05, 3.63) is 63.1 Å². The lowest BCUT2D eigenvalue weighted by Crippen LogP contribution is -2.31. The van der Waals surface area contributed by atoms with E-state index in [4.69, 9.17) is 37.4 Å². The molecular formula is C23H23Cl2NO6. The third-order valence-corrected chi connectivity index (χ3v) is 5.82. The molecule has 7 nitrogen and oxygen atoms in total. The summed E-state index contributed by atoms with van der Waals surface area (Å²) in [5, 5.41) is 11.4. The first kappa shape index (κ1) is 23.9. The first-order chi connectivity index (χ1) is 15.4. The van der Waals surface area contributed by atoms with Gasteiger partial charge in [0.1, 0.15) is 10.8 Å². The van der Waals surface area contributed by atoms with Gasteiger partial charge in [0.05, 0.1) is 36.4 Å². The number of carbonyl (C=O) groups is 2. The third kappa shape index (κ3) is 4.28. The molecule has 9 heteroatoms. The minimum absolute atomic E-state index is 0.0367. The van der Waals surface area contributed by atoms with Gasteiger partial charge in [0.2, 0.25) is 0 Å². The number of hydrogen-bond acceptors (Lipinski definition) is 6. The number of benzene rings is 2. The van der Waals surface area contributed by atoms with Crippen molar-refractivity contribution in [3.8, 4) is 11.5 Å². The minimum Gasteiger partial charge on any atom is -0.507 e. The number of methoxy groups -OCH3 is 3. The molecule has 0 aliphatic carbocycles. The number of carbonyl (C=O) groups excluding carboxylic acids is 2. The van der Waals surface area contributed by atoms with Gasteiger partial charge in [-0.3, -0.25) is 9.59 Å². The lowest BCUT2D eigenvalue weighted by Gasteiger charge is -2.25. The van der Waals surface area contributed by atoms with Crippen LogP contribution in [0.1, 0.15) is 23.6 Å². The maximum Gasteiger partial charge on any atom is 0.295 e. The van der Waals surface area contributed by atoms with Crippen LogP contribution in [0.15, 0.2) is 42.0 Å². The third-order valence-electron chi connectivity index (χ3n) is 5.20. The van der Waals surface area contributed by atoms with Crippen LogP contribution < -0.4 is 9.47 Å². The number of aliphatic hydroxyl groups is 1. The summed E-state index contributed by atoms with van der Waals surface area (Å²) in [4.78, 5) is 27.4. The van der Waals surface area contributed by atoms with Crippen molar-refractivity contribution < 1.29 is 28.9 Å². The van der Waals surface area contributed by atoms with E-state index >= 15 is 0 Å². The summed E-state index contributed by atoms with van der Waals surface area (Å²) in [5.41, 5.74) is 0.684. The average Bonchev–Trinajstić information content (AvgIpc) is 3.04. The maximum absolute atomic E-state index is 13.1. The van der Waals surface area contributed by atoms with Crippen LogP contribution in [0, 0.1) is 0 Å². The molecule has 1 amide bonds. The number of aliphatic hydroxyl groups excluding tert-OH is 1. The van der Waals surface area contributed by atoms with E-state index in [1.165, 1.54) is 25.2 Å². The summed E-state index contributed by atoms with van der Waals surface area (Å²) in [6.07, 6.45) is 0.524. The Morgan fingerprint density at radius 3 is 2.31 bits per heavy atom. The zero-order chi connectivity index (χ0) is 23.4. The second-order valence-corrected chi connectivity index (χ2v) is 7.82. The van der Waals surface area contributed by atoms with Crippen LogP contribution in [0.3, 0.4) is 0 Å². The van der Waals surface area contributed by atoms with Crippen LogP contribution >= 0.6 is 23.2 Å². The number of halogens is 2. The van der Waals surface area contributed by atoms with Crippen LogP contribution in [-0.2, 0) is 14.3 Å². The summed E-state index contributed by atoms with van der Waals surface area (Å²) < 4.78 is 15.7. The van der Waals surface area contributed by atoms with Gasteiger partial charge in [0.25, 0.3) is 11.7 Å². The molecule has 1 aliphatic rings. The van der Waals surface area contributed by atoms with Gasteiger partial charge in [-0.25, -0.2) is 0 Å². The Bertz CT molecular complexity index is 1050. The highest BCUT2D eigenvalue weighted by molar-refractivity contribution is 6.47. The first-order valence-electron chi connectivity index (χ1n) is 9.79. The van der Waals surface area contributed by atoms with E-state index in [9.17, 15) is 14.7 Å². The number of rotatable bonds is 8. The molecule has 170 valence electrons. The highest BCUT2D eigenvalue weighted by atomic mass is 35.5. The molecule has 0 saturated carbocycles. The van der Waals surface area contributed by atoms with E-state index in [0.29, 0.717) is 18.6 Å². The molecule has 1 N–H and O–H groups in total. The zero-order valence-corrected chi connectivity index (χ0v) is 19.4. The normalized spacial score (nSPS) is 17.7. The molecule has 0 spiro atoms. The molecule has 1 atom stereocenters. The molecule has 0 radical (unpaired) electrons. The molecule has 1 fully saturated rings. The van der Waals surface area contributed by atoms with Crippen molar-refractivity contribution in [1.29, 1.82) is 0 Å². The molecule has 3 rings (SSSR count). The molecule has 2 aromatic rings. The number of likely N-dealkylation sites (tertiary alicyclic amines) is 1. The van der Waals surface area contributed by atoms with Crippen LogP contribution in [0.25, 0.3) is 5.76 Å². The highest BCUT2D eigenvalue weighted by Crippen LogP contribution is 2.47. The maximum atomic E-state index is 13.1. The molecule has 32 heavy (non-hydrogen) atoms. The Labute approximate surface area is 196 Å². The fraction of sp³-hybridized carbons (Fsp3) is 0.304. The van der Waals surface area contributed by atoms with Gasteiger partial charge in [0.15, 0.2) is 11.5 Å². The Hall–Kier alpha value is -2.74. The summed E-state index contributed by atoms with van der Waals surface area (Å²) >= 11 is 12.6. The average molecular weight is 480 g/mol. The van der Waals surface area contributed by atoms with Crippen LogP contribution in [-0.4, -0.2) is 56.2 Å². The van der Waals surface area contributed by atoms with Crippen molar-refractivity contribution >= 4 is 40.7 Å². The Kier molecular flexibility index (Phi) is 7.66. The number of ketones is 1. The van der Waals surface area contributed by atoms with E-state index in [0.717, 1.165) is 0 Å². The number of nitrogens with zero attached hydrogens (tertiary/aromatic N) is 1. The SMILES string of the molecule is COCCCN1C(=O)C(=O)/C(=C(/O)c2cc(Cl)c(OC)c(Cl)c2OC)C1c1ccccc1. The van der Waals surface area contributed by atoms with Gasteiger partial charge < -0.3 is 24.2 Å². The zero-order valence-electron chi connectivity index (χ0n) is 17.9. The number of ether oxygens (including phenoxy) is 3. The predicted octanol–water partition coefficient (Wildman–Crippen LogP) is 4.47. The van der Waals surface area contributed by atoms with Crippen molar-refractivity contribution in [3.63, 3.8) is 0 Å². The van der Waals surface area contributed by atoms with Gasteiger partial charge in [0, 0.05) is 20.3 Å². The molecule has 1 heterocycles. The second kappa shape index (κ2) is 10.3. The van der Waals surface area contributed by atoms with E-state index < -0.39 is 23.5 Å². The van der Waals surface area contributed by atoms with Gasteiger partial charge >= 0.3 is 0 Å². The van der Waals surface area contributed by atoms with E-state index in [-0.39, 0.29) is 39.2 Å². The molecule has 2 aromatic carbocycles. The molecule has 0 aromatic heterocycles. The van der Waals surface area contributed by atoms with E-state index in [1.54, 1.807) is 31.4 Å². The monoisotopic (exact) mass is 479 g/mol. The molecule has 1 unspecified atom stereocenters. The minimum atomic E-state index is -0.807. The summed E-state index contributed by atoms with van der Waals surface area (Å²) in [7, 11) is 4.32. The summed E-state index contributed by atoms with van der Waals surface area (Å²) in [5.74, 6) is -1.71. The van der Waals surface area contributed by atoms with Crippen molar-refractivity contribution in [2.24, 2.45) is 0 Å². The Morgan fingerprint density at radius 2 is 1.72 bits per heavy atom. The molecule has 1 saturated heterocycles. The molecule has 0 bridgehead atoms. The first-order valence-corrected chi connectivity index (χ1v) is 10.6. The van der Waals surface area contributed by atoms with Crippen LogP contribution in [0.2, 0.25) is 10.0 Å². The highest BCUT2D eigenvalue weighted by Gasteiger charge is 2.46. The Balaban J connectivity index is 2.23. The number of amides is 1. The van der Waals surface area contributed by atoms with Gasteiger partial charge in [-0.2, -0.15) is 0 Å². The lowest BCUT2D eigenvalue weighted by molar-refractivity contribution is -0.140. The molecular weight excluding hydrogens is 457 g/mol. The Morgan fingerprint density at radius 1 is 1.06 bits per heavy atom. The van der Waals surface area contributed by atoms with Crippen LogP contribution in [0.5, 0.6) is 11.5 Å². The number of Topliss-reactive ketones (excluding diaryl/α,β-unsaturated/α-hetero) is 1. The summed E-state index contributed by atoms with van der Waals surface area (Å²) in [6, 6.07) is 9.60. The van der Waals surface area contributed by atoms with E-state index in [2.05, 4.69) is 0 Å². The van der Waals surface area contributed by atoms with Crippen molar-refractivity contribution in [2.75, 3.05) is 34.5 Å². The fourth-order valence-corrected chi connectivity index (χ4v) is 4.45. The quantitative estimate of drug-likeness (QED) is 0.260. The van der Waals surface area contributed by atoms with Crippen LogP contribution in [0.4, 0.5) is 0 Å². The summed E-state index contributed by atoms with van der Waals surface area (Å²) in [6.45, 7) is 0.693. The van der Waals surface area contributed by atoms with E-state index in [1.807, 2.05) is 6.07 Å². The fourth-order valence-electron chi connectivity index (χ4n) is 3.76. The van der Waals surface area contributed by atoms with Crippen molar-refractivity contribution in [2.45, 2.75) is 12.5 Å². The largest absolute Gasteiger partial charge is 0.507 e. The topological polar surface area (TPSA) is 85.3 Å². The predicted molar refractivity (Wildman–Crippen MR) is 122 cm³/mol. The number of hydrogen-bond donors (Lipinski definition) is 1. The lowest BCUT2D eigenvalue weighted by atomic mass is 9.95. The molecule has 1 aliphatic heterocycles. The smallest absolute Gasteiger partial charge is 0.295 e. The van der Waals surface area contributed by atoms with Crippen molar-refractivity contribution in [1.82, 2.24) is 4.90 Å². The van der Waals surface area contributed by atoms with Gasteiger partial charge in [-0.1, -0.05) is 53.5 Å². The second-order valence-electron chi connectivity index (χ2n) is 7.04. The van der Waals surface area contributed by atoms with Gasteiger partial charge in [-0.15, -0.1) is 0 Å². The van der Waals surface area contributed by atoms with Gasteiger partial charge in [-0.05, 0) is 18.1 Å².